The molecular formula is C15H22N2OS. The average Bonchev–Trinajstić information content (AvgIpc) is 3.05. The Morgan fingerprint density at radius 1 is 1.42 bits per heavy atom. The van der Waals surface area contributed by atoms with Crippen molar-refractivity contribution in [1.29, 1.82) is 0 Å². The van der Waals surface area contributed by atoms with Gasteiger partial charge in [0.05, 0.1) is 4.88 Å². The molecule has 19 heavy (non-hydrogen) atoms. The predicted molar refractivity (Wildman–Crippen MR) is 78.6 cm³/mol. The van der Waals surface area contributed by atoms with Crippen LogP contribution in [0.5, 0.6) is 0 Å². The van der Waals surface area contributed by atoms with Gasteiger partial charge in [-0.05, 0) is 43.6 Å². The maximum atomic E-state index is 12.6. The van der Waals surface area contributed by atoms with E-state index in [4.69, 9.17) is 0 Å². The topological polar surface area (TPSA) is 32.3 Å². The highest BCUT2D eigenvalue weighted by Gasteiger charge is 2.37. The second-order valence-corrected chi connectivity index (χ2v) is 6.69. The normalized spacial score (nSPS) is 29.4. The molecule has 1 N–H and O–H groups in total. The minimum absolute atomic E-state index is 0.239. The number of nitrogens with zero attached hydrogens (tertiary/aromatic N) is 1. The van der Waals surface area contributed by atoms with Gasteiger partial charge in [0.1, 0.15) is 0 Å². The maximum Gasteiger partial charge on any atom is 0.264 e. The summed E-state index contributed by atoms with van der Waals surface area (Å²) in [5.41, 5.74) is 0. The van der Waals surface area contributed by atoms with Gasteiger partial charge < -0.3 is 10.2 Å². The summed E-state index contributed by atoms with van der Waals surface area (Å²) in [5.74, 6) is 0.239. The van der Waals surface area contributed by atoms with Crippen molar-refractivity contribution >= 4 is 17.2 Å². The molecule has 4 heteroatoms. The monoisotopic (exact) mass is 278 g/mol. The van der Waals surface area contributed by atoms with Gasteiger partial charge in [0.25, 0.3) is 5.91 Å². The van der Waals surface area contributed by atoms with Crippen molar-refractivity contribution in [2.24, 2.45) is 0 Å². The van der Waals surface area contributed by atoms with Gasteiger partial charge in [-0.15, -0.1) is 11.3 Å². The zero-order valence-electron chi connectivity index (χ0n) is 11.5. The number of nitrogens with one attached hydrogen (secondary N) is 1. The van der Waals surface area contributed by atoms with Gasteiger partial charge in [-0.1, -0.05) is 13.0 Å². The number of fused-ring (bicyclic) bond motifs is 2. The molecule has 0 radical (unpaired) electrons. The number of rotatable bonds is 4. The third kappa shape index (κ3) is 2.70. The van der Waals surface area contributed by atoms with Crippen LogP contribution in [-0.4, -0.2) is 35.5 Å². The molecule has 0 aromatic carbocycles. The van der Waals surface area contributed by atoms with Crippen LogP contribution in [0, 0.1) is 0 Å². The molecule has 0 aliphatic carbocycles. The summed E-state index contributed by atoms with van der Waals surface area (Å²) < 4.78 is 0. The summed E-state index contributed by atoms with van der Waals surface area (Å²) in [4.78, 5) is 15.7. The molecule has 3 rings (SSSR count). The zero-order chi connectivity index (χ0) is 13.2. The average molecular weight is 278 g/mol. The van der Waals surface area contributed by atoms with Crippen LogP contribution in [0.1, 0.15) is 48.7 Å². The van der Waals surface area contributed by atoms with E-state index < -0.39 is 0 Å². The molecule has 104 valence electrons. The minimum Gasteiger partial charge on any atom is -0.335 e. The maximum absolute atomic E-state index is 12.6. The van der Waals surface area contributed by atoms with Crippen LogP contribution in [0.2, 0.25) is 0 Å². The Morgan fingerprint density at radius 2 is 2.16 bits per heavy atom. The fraction of sp³-hybridized carbons (Fsp3) is 0.667. The lowest BCUT2D eigenvalue weighted by atomic mass is 9.97. The van der Waals surface area contributed by atoms with E-state index in [1.807, 2.05) is 17.5 Å². The molecule has 2 aliphatic rings. The van der Waals surface area contributed by atoms with E-state index in [-0.39, 0.29) is 5.91 Å². The molecule has 2 bridgehead atoms. The van der Waals surface area contributed by atoms with Crippen molar-refractivity contribution in [1.82, 2.24) is 10.2 Å². The predicted octanol–water partition coefficient (Wildman–Crippen LogP) is 2.88. The Labute approximate surface area is 119 Å². The molecule has 2 atom stereocenters. The zero-order valence-corrected chi connectivity index (χ0v) is 12.3. The number of amides is 1. The first kappa shape index (κ1) is 13.1. The number of piperidine rings is 1. The van der Waals surface area contributed by atoms with Gasteiger partial charge in [-0.2, -0.15) is 0 Å². The highest BCUT2D eigenvalue weighted by atomic mass is 32.1. The van der Waals surface area contributed by atoms with E-state index in [2.05, 4.69) is 17.1 Å². The number of hydrogen-bond acceptors (Lipinski definition) is 3. The molecule has 1 aromatic heterocycles. The van der Waals surface area contributed by atoms with Crippen LogP contribution in [0.15, 0.2) is 17.5 Å². The van der Waals surface area contributed by atoms with E-state index in [1.54, 1.807) is 11.3 Å². The highest BCUT2D eigenvalue weighted by molar-refractivity contribution is 7.12. The van der Waals surface area contributed by atoms with Crippen molar-refractivity contribution in [3.63, 3.8) is 0 Å². The Morgan fingerprint density at radius 3 is 2.74 bits per heavy atom. The fourth-order valence-corrected chi connectivity index (χ4v) is 4.19. The minimum atomic E-state index is 0.239. The third-order valence-electron chi connectivity index (χ3n) is 4.35. The van der Waals surface area contributed by atoms with Crippen LogP contribution >= 0.6 is 11.3 Å². The fourth-order valence-electron chi connectivity index (χ4n) is 3.51. The Hall–Kier alpha value is -0.870. The Balaban J connectivity index is 1.75. The lowest BCUT2D eigenvalue weighted by Gasteiger charge is -2.37. The first-order chi connectivity index (χ1) is 9.28. The number of hydrogen-bond donors (Lipinski definition) is 1. The van der Waals surface area contributed by atoms with Crippen LogP contribution in [0.3, 0.4) is 0 Å². The summed E-state index contributed by atoms with van der Waals surface area (Å²) in [6.45, 7) is 3.05. The first-order valence-corrected chi connectivity index (χ1v) is 8.26. The quantitative estimate of drug-likeness (QED) is 0.918. The van der Waals surface area contributed by atoms with Crippen molar-refractivity contribution in [2.75, 3.05) is 6.54 Å². The van der Waals surface area contributed by atoms with Gasteiger partial charge in [0, 0.05) is 24.7 Å². The third-order valence-corrected chi connectivity index (χ3v) is 5.20. The molecule has 0 spiro atoms. The van der Waals surface area contributed by atoms with E-state index in [1.165, 1.54) is 12.8 Å². The van der Waals surface area contributed by atoms with Gasteiger partial charge in [-0.25, -0.2) is 0 Å². The molecule has 2 fully saturated rings. The Kier molecular flexibility index (Phi) is 3.89. The molecule has 0 saturated carbocycles. The number of carbonyl (C=O) groups excluding carboxylic acids is 1. The largest absolute Gasteiger partial charge is 0.335 e. The van der Waals surface area contributed by atoms with Crippen LogP contribution in [0.4, 0.5) is 0 Å². The smallest absolute Gasteiger partial charge is 0.264 e. The second kappa shape index (κ2) is 5.63. The summed E-state index contributed by atoms with van der Waals surface area (Å²) >= 11 is 1.56. The van der Waals surface area contributed by atoms with Gasteiger partial charge in [0.15, 0.2) is 0 Å². The van der Waals surface area contributed by atoms with Crippen molar-refractivity contribution < 1.29 is 4.79 Å². The first-order valence-electron chi connectivity index (χ1n) is 7.38. The lowest BCUT2D eigenvalue weighted by Crippen LogP contribution is -2.50. The van der Waals surface area contributed by atoms with Crippen LogP contribution in [-0.2, 0) is 0 Å². The van der Waals surface area contributed by atoms with E-state index in [0.717, 1.165) is 30.7 Å². The number of thiophene rings is 1. The lowest BCUT2D eigenvalue weighted by molar-refractivity contribution is 0.0622. The van der Waals surface area contributed by atoms with Crippen LogP contribution in [0.25, 0.3) is 0 Å². The molecule has 2 saturated heterocycles. The summed E-state index contributed by atoms with van der Waals surface area (Å²) in [7, 11) is 0. The van der Waals surface area contributed by atoms with E-state index in [9.17, 15) is 4.79 Å². The SMILES string of the molecule is CCCN(C(=O)c1cccs1)C1CC2CCC(C1)N2. The number of carbonyl (C=O) groups is 1. The summed E-state index contributed by atoms with van der Waals surface area (Å²) in [5, 5.41) is 5.65. The van der Waals surface area contributed by atoms with Crippen molar-refractivity contribution in [3.8, 4) is 0 Å². The van der Waals surface area contributed by atoms with Crippen molar-refractivity contribution in [2.45, 2.75) is 57.2 Å². The molecular weight excluding hydrogens is 256 g/mol. The van der Waals surface area contributed by atoms with Gasteiger partial charge in [-0.3, -0.25) is 4.79 Å². The molecule has 3 heterocycles. The van der Waals surface area contributed by atoms with E-state index in [0.29, 0.717) is 18.1 Å². The summed E-state index contributed by atoms with van der Waals surface area (Å²) in [6, 6.07) is 5.63. The van der Waals surface area contributed by atoms with E-state index >= 15 is 0 Å². The molecule has 1 aromatic rings. The van der Waals surface area contributed by atoms with Crippen molar-refractivity contribution in [3.05, 3.63) is 22.4 Å². The molecule has 2 aliphatic heterocycles. The van der Waals surface area contributed by atoms with Gasteiger partial charge >= 0.3 is 0 Å². The Bertz CT molecular complexity index is 419. The molecule has 3 nitrogen and oxygen atoms in total. The summed E-state index contributed by atoms with van der Waals surface area (Å²) in [6.07, 6.45) is 5.88. The second-order valence-electron chi connectivity index (χ2n) is 5.74. The van der Waals surface area contributed by atoms with Crippen LogP contribution < -0.4 is 5.32 Å². The molecule has 2 unspecified atom stereocenters. The molecule has 1 amide bonds. The standard InChI is InChI=1S/C15H22N2OS/c1-2-7-17(15(18)14-4-3-8-19-14)13-9-11-5-6-12(10-13)16-11/h3-4,8,11-13,16H,2,5-7,9-10H2,1H3. The van der Waals surface area contributed by atoms with Gasteiger partial charge in [0.2, 0.25) is 0 Å². The highest BCUT2D eigenvalue weighted by Crippen LogP contribution is 2.31.